The first kappa shape index (κ1) is 25.9. The number of thioether (sulfide) groups is 3. The van der Waals surface area contributed by atoms with Gasteiger partial charge in [-0.3, -0.25) is 0 Å². The minimum atomic E-state index is -0.589. The second-order valence-corrected chi connectivity index (χ2v) is 8.39. The highest BCUT2D eigenvalue weighted by atomic mass is 32.2. The Hall–Kier alpha value is 0.875. The van der Waals surface area contributed by atoms with E-state index in [9.17, 15) is 0 Å². The monoisotopic (exact) mass is 416 g/mol. The lowest BCUT2D eigenvalue weighted by molar-refractivity contribution is 0.109. The second kappa shape index (κ2) is 22.9. The first-order chi connectivity index (χ1) is 12.3. The molecule has 0 bridgehead atoms. The van der Waals surface area contributed by atoms with Gasteiger partial charge in [-0.25, -0.2) is 0 Å². The summed E-state index contributed by atoms with van der Waals surface area (Å²) in [4.78, 5) is 0. The highest BCUT2D eigenvalue weighted by Crippen LogP contribution is 2.05. The van der Waals surface area contributed by atoms with Gasteiger partial charge in [0.25, 0.3) is 0 Å². The first-order valence-electron chi connectivity index (χ1n) is 8.40. The average molecular weight is 416 g/mol. The van der Waals surface area contributed by atoms with Gasteiger partial charge in [-0.05, 0) is 0 Å². The van der Waals surface area contributed by atoms with Crippen LogP contribution in [0.2, 0.25) is 0 Å². The van der Waals surface area contributed by atoms with Crippen molar-refractivity contribution in [2.75, 3.05) is 95.5 Å². The van der Waals surface area contributed by atoms with Gasteiger partial charge in [0.05, 0.1) is 19.8 Å². The Labute approximate surface area is 166 Å². The molecule has 0 aliphatic heterocycles. The Bertz CT molecular complexity index is 219. The van der Waals surface area contributed by atoms with Crippen LogP contribution >= 0.6 is 35.3 Å². The molecular formula is C15H33BO6S3. The van der Waals surface area contributed by atoms with Crippen molar-refractivity contribution in [1.82, 2.24) is 0 Å². The van der Waals surface area contributed by atoms with E-state index in [0.29, 0.717) is 19.8 Å². The molecule has 0 saturated carbocycles. The molecule has 0 fully saturated rings. The summed E-state index contributed by atoms with van der Waals surface area (Å²) in [5.74, 6) is 5.61. The molecule has 0 aromatic heterocycles. The van der Waals surface area contributed by atoms with Crippen LogP contribution < -0.4 is 0 Å². The maximum absolute atomic E-state index is 5.70. The van der Waals surface area contributed by atoms with Crippen molar-refractivity contribution in [2.24, 2.45) is 0 Å². The first-order valence-corrected chi connectivity index (χ1v) is 11.9. The van der Waals surface area contributed by atoms with Crippen LogP contribution in [0.1, 0.15) is 0 Å². The van der Waals surface area contributed by atoms with Crippen LogP contribution in [0.25, 0.3) is 0 Å². The van der Waals surface area contributed by atoms with Gasteiger partial charge in [0, 0.05) is 75.7 Å². The molecule has 0 amide bonds. The van der Waals surface area contributed by atoms with E-state index in [1.807, 2.05) is 0 Å². The molecule has 0 heterocycles. The molecule has 150 valence electrons. The van der Waals surface area contributed by atoms with Gasteiger partial charge in [-0.2, -0.15) is 35.3 Å². The number of rotatable bonds is 21. The van der Waals surface area contributed by atoms with Crippen molar-refractivity contribution in [3.8, 4) is 0 Å². The summed E-state index contributed by atoms with van der Waals surface area (Å²) in [5, 5.41) is 0. The van der Waals surface area contributed by atoms with Gasteiger partial charge in [-0.15, -0.1) is 0 Å². The lowest BCUT2D eigenvalue weighted by Gasteiger charge is -2.14. The highest BCUT2D eigenvalue weighted by molar-refractivity contribution is 7.99. The molecule has 0 saturated heterocycles. The minimum absolute atomic E-state index is 0.589. The lowest BCUT2D eigenvalue weighted by atomic mass is 10.2. The molecule has 0 atom stereocenters. The molecule has 0 rings (SSSR count). The van der Waals surface area contributed by atoms with E-state index in [1.165, 1.54) is 0 Å². The lowest BCUT2D eigenvalue weighted by Crippen LogP contribution is -2.30. The molecule has 6 nitrogen and oxygen atoms in total. The van der Waals surface area contributed by atoms with Crippen LogP contribution in [0.15, 0.2) is 0 Å². The Balaban J connectivity index is 3.76. The Kier molecular flexibility index (Phi) is 23.7. The largest absolute Gasteiger partial charge is 0.639 e. The quantitative estimate of drug-likeness (QED) is 0.207. The summed E-state index contributed by atoms with van der Waals surface area (Å²) in [7, 11) is 4.55. The van der Waals surface area contributed by atoms with Crippen LogP contribution in [0.4, 0.5) is 0 Å². The van der Waals surface area contributed by atoms with E-state index in [2.05, 4.69) is 0 Å². The zero-order valence-electron chi connectivity index (χ0n) is 15.7. The molecule has 0 radical (unpaired) electrons. The zero-order valence-corrected chi connectivity index (χ0v) is 18.2. The van der Waals surface area contributed by atoms with E-state index in [0.717, 1.165) is 54.3 Å². The zero-order chi connectivity index (χ0) is 18.4. The summed E-state index contributed by atoms with van der Waals surface area (Å²) in [5.41, 5.74) is 0. The average Bonchev–Trinajstić information content (AvgIpc) is 2.63. The van der Waals surface area contributed by atoms with Crippen molar-refractivity contribution in [1.29, 1.82) is 0 Å². The number of hydrogen-bond donors (Lipinski definition) is 0. The standard InChI is InChI=1S/C15H33BO6S3/c1-17-4-10-23-13-7-20-16(21-8-14-24-11-5-18-2)22-9-15-25-12-6-19-3/h4-15H2,1-3H3. The predicted molar refractivity (Wildman–Crippen MR) is 111 cm³/mol. The maximum atomic E-state index is 5.70. The molecule has 0 unspecified atom stereocenters. The summed E-state index contributed by atoms with van der Waals surface area (Å²) < 4.78 is 32.2. The highest BCUT2D eigenvalue weighted by Gasteiger charge is 2.20. The SMILES string of the molecule is COCCSCCOB(OCCSCCOC)OCCSCCOC. The predicted octanol–water partition coefficient (Wildman–Crippen LogP) is 2.16. The van der Waals surface area contributed by atoms with Crippen molar-refractivity contribution in [3.63, 3.8) is 0 Å². The fourth-order valence-electron chi connectivity index (χ4n) is 1.49. The number of methoxy groups -OCH3 is 3. The van der Waals surface area contributed by atoms with Crippen LogP contribution in [-0.4, -0.2) is 103 Å². The molecule has 25 heavy (non-hydrogen) atoms. The van der Waals surface area contributed by atoms with E-state index < -0.39 is 7.32 Å². The van der Waals surface area contributed by atoms with Crippen LogP contribution in [0, 0.1) is 0 Å². The Morgan fingerprint density at radius 3 is 1.04 bits per heavy atom. The second-order valence-electron chi connectivity index (χ2n) is 4.72. The summed E-state index contributed by atoms with van der Waals surface area (Å²) in [6.45, 7) is 4.10. The normalized spacial score (nSPS) is 11.2. The van der Waals surface area contributed by atoms with Crippen molar-refractivity contribution in [3.05, 3.63) is 0 Å². The van der Waals surface area contributed by atoms with Gasteiger partial charge in [0.15, 0.2) is 0 Å². The third-order valence-corrected chi connectivity index (χ3v) is 5.47. The van der Waals surface area contributed by atoms with Gasteiger partial charge in [0.1, 0.15) is 0 Å². The van der Waals surface area contributed by atoms with Gasteiger partial charge in [0.2, 0.25) is 0 Å². The van der Waals surface area contributed by atoms with E-state index in [-0.39, 0.29) is 0 Å². The Morgan fingerprint density at radius 2 is 0.760 bits per heavy atom. The molecule has 0 aromatic carbocycles. The smallest absolute Gasteiger partial charge is 0.385 e. The van der Waals surface area contributed by atoms with Gasteiger partial charge < -0.3 is 28.2 Å². The summed E-state index contributed by atoms with van der Waals surface area (Å²) in [6.07, 6.45) is 0. The fourth-order valence-corrected chi connectivity index (χ4v) is 3.60. The molecule has 10 heteroatoms. The van der Waals surface area contributed by atoms with Crippen molar-refractivity contribution >= 4 is 42.6 Å². The molecular weight excluding hydrogens is 383 g/mol. The molecule has 0 N–H and O–H groups in total. The third kappa shape index (κ3) is 21.0. The topological polar surface area (TPSA) is 55.4 Å². The van der Waals surface area contributed by atoms with E-state index >= 15 is 0 Å². The van der Waals surface area contributed by atoms with Crippen molar-refractivity contribution < 1.29 is 28.2 Å². The van der Waals surface area contributed by atoms with E-state index in [1.54, 1.807) is 56.6 Å². The summed E-state index contributed by atoms with van der Waals surface area (Å²) in [6, 6.07) is 0. The fraction of sp³-hybridized carbons (Fsp3) is 1.00. The number of ether oxygens (including phenoxy) is 3. The molecule has 0 spiro atoms. The van der Waals surface area contributed by atoms with Crippen LogP contribution in [0.3, 0.4) is 0 Å². The molecule has 0 aromatic rings. The minimum Gasteiger partial charge on any atom is -0.385 e. The summed E-state index contributed by atoms with van der Waals surface area (Å²) >= 11 is 5.39. The van der Waals surface area contributed by atoms with Gasteiger partial charge in [-0.1, -0.05) is 0 Å². The molecule has 0 aliphatic rings. The van der Waals surface area contributed by atoms with Gasteiger partial charge >= 0.3 is 7.32 Å². The Morgan fingerprint density at radius 1 is 0.480 bits per heavy atom. The van der Waals surface area contributed by atoms with E-state index in [4.69, 9.17) is 28.2 Å². The molecule has 0 aliphatic carbocycles. The number of hydrogen-bond acceptors (Lipinski definition) is 9. The van der Waals surface area contributed by atoms with Crippen molar-refractivity contribution in [2.45, 2.75) is 0 Å². The van der Waals surface area contributed by atoms with Crippen LogP contribution in [-0.2, 0) is 28.2 Å². The van der Waals surface area contributed by atoms with Crippen LogP contribution in [0.5, 0.6) is 0 Å². The third-order valence-electron chi connectivity index (χ3n) is 2.74. The maximum Gasteiger partial charge on any atom is 0.639 e.